The molecular weight excluding hydrogens is 694 g/mol. The summed E-state index contributed by atoms with van der Waals surface area (Å²) in [7, 11) is 1.29. The highest BCUT2D eigenvalue weighted by Gasteiger charge is 2.54. The fourth-order valence-corrected chi connectivity index (χ4v) is 6.69. The molecule has 13 nitrogen and oxygen atoms in total. The molecule has 0 amide bonds. The van der Waals surface area contributed by atoms with Gasteiger partial charge in [0.2, 0.25) is 5.78 Å². The molecule has 5 rings (SSSR count). The molecule has 254 valence electrons. The quantitative estimate of drug-likeness (QED) is 0.114. The number of phenolic OH excluding ortho intramolecular Hbond substituents is 2. The van der Waals surface area contributed by atoms with Crippen LogP contribution in [-0.4, -0.2) is 99.4 Å². The van der Waals surface area contributed by atoms with Crippen molar-refractivity contribution in [3.8, 4) is 17.2 Å². The molecule has 2 aromatic rings. The maximum absolute atomic E-state index is 15.4. The largest absolute Gasteiger partial charge is 0.509 e. The van der Waals surface area contributed by atoms with Crippen LogP contribution in [0.4, 0.5) is 9.18 Å². The Kier molecular flexibility index (Phi) is 9.68. The summed E-state index contributed by atoms with van der Waals surface area (Å²) >= 11 is 3.08. The Morgan fingerprint density at radius 2 is 1.79 bits per heavy atom. The van der Waals surface area contributed by atoms with Gasteiger partial charge in [-0.2, -0.15) is 0 Å². The second-order valence-electron chi connectivity index (χ2n) is 12.1. The predicted octanol–water partition coefficient (Wildman–Crippen LogP) is 3.20. The van der Waals surface area contributed by atoms with Crippen molar-refractivity contribution in [3.05, 3.63) is 51.6 Å². The second kappa shape index (κ2) is 13.1. The van der Waals surface area contributed by atoms with Gasteiger partial charge in [-0.25, -0.2) is 9.18 Å². The molecule has 0 saturated carbocycles. The molecule has 1 saturated heterocycles. The van der Waals surface area contributed by atoms with Gasteiger partial charge in [0.25, 0.3) is 0 Å². The highest BCUT2D eigenvalue weighted by Crippen LogP contribution is 2.53. The van der Waals surface area contributed by atoms with Crippen LogP contribution in [0.1, 0.15) is 76.3 Å². The standard InChI is InChI=1S/C32H34BrFO13/c1-12(2)11-44-31(42)47-32(18(35)10-33)8-15-20(17(9-32)46-30-23(34)29(41)24(36)13(3)45-30)28(40)22-21(26(15)38)25(37)14-6-5-7-16(43-4)19(14)27(22)39/h5-7,12-13,17,23-24,29-30,36,38,40-41H,8-11H2,1-4H3/t13-,17-,23+,24+,29-,30-,32-/m0/s1/i10+2,18+1. The maximum Gasteiger partial charge on any atom is 0.509 e. The molecule has 1 heterocycles. The molecular formula is C32H34BrFO13. The first-order valence-electron chi connectivity index (χ1n) is 14.8. The Balaban J connectivity index is 1.71. The van der Waals surface area contributed by atoms with E-state index in [1.165, 1.54) is 32.2 Å². The number of ketones is 3. The van der Waals surface area contributed by atoms with Crippen molar-refractivity contribution in [2.24, 2.45) is 5.92 Å². The van der Waals surface area contributed by atoms with Crippen molar-refractivity contribution < 1.29 is 67.7 Å². The van der Waals surface area contributed by atoms with Gasteiger partial charge < -0.3 is 44.1 Å². The van der Waals surface area contributed by atoms with E-state index in [1.54, 1.807) is 13.8 Å². The van der Waals surface area contributed by atoms with Crippen LogP contribution in [-0.2, 0) is 30.2 Å². The van der Waals surface area contributed by atoms with Gasteiger partial charge in [-0.3, -0.25) is 14.4 Å². The van der Waals surface area contributed by atoms with Gasteiger partial charge in [0, 0.05) is 29.5 Å². The number of aliphatic hydroxyl groups excluding tert-OH is 2. The van der Waals surface area contributed by atoms with Gasteiger partial charge in [-0.15, -0.1) is 0 Å². The van der Waals surface area contributed by atoms with Crippen LogP contribution in [0.2, 0.25) is 0 Å². The van der Waals surface area contributed by atoms with Gasteiger partial charge in [0.05, 0.1) is 47.9 Å². The van der Waals surface area contributed by atoms with Gasteiger partial charge in [0.15, 0.2) is 29.6 Å². The molecule has 3 aliphatic rings. The zero-order chi connectivity index (χ0) is 34.5. The van der Waals surface area contributed by atoms with E-state index in [9.17, 15) is 39.6 Å². The number of rotatable bonds is 8. The van der Waals surface area contributed by atoms with E-state index in [4.69, 9.17) is 23.7 Å². The third-order valence-corrected chi connectivity index (χ3v) is 9.08. The lowest BCUT2D eigenvalue weighted by molar-refractivity contribution is -0.294. The number of hydrogen-bond acceptors (Lipinski definition) is 13. The third-order valence-electron chi connectivity index (χ3n) is 8.57. The van der Waals surface area contributed by atoms with E-state index in [1.807, 2.05) is 0 Å². The number of Topliss-reactive ketones (excluding diaryl/α,β-unsaturated/α-hetero) is 1. The van der Waals surface area contributed by atoms with Crippen molar-refractivity contribution in [2.75, 3.05) is 19.0 Å². The Morgan fingerprint density at radius 1 is 1.11 bits per heavy atom. The molecule has 0 spiro atoms. The summed E-state index contributed by atoms with van der Waals surface area (Å²) in [6, 6.07) is 4.25. The van der Waals surface area contributed by atoms with E-state index in [-0.39, 0.29) is 45.9 Å². The Hall–Kier alpha value is -3.63. The van der Waals surface area contributed by atoms with Crippen LogP contribution < -0.4 is 4.74 Å². The van der Waals surface area contributed by atoms with Gasteiger partial charge >= 0.3 is 6.16 Å². The van der Waals surface area contributed by atoms with Crippen LogP contribution in [0.3, 0.4) is 0 Å². The first kappa shape index (κ1) is 34.7. The zero-order valence-electron chi connectivity index (χ0n) is 25.8. The minimum Gasteiger partial charge on any atom is -0.507 e. The number of phenols is 2. The summed E-state index contributed by atoms with van der Waals surface area (Å²) in [6.45, 7) is 4.83. The molecule has 0 unspecified atom stereocenters. The molecule has 2 aromatic carbocycles. The summed E-state index contributed by atoms with van der Waals surface area (Å²) in [5.74, 6) is -4.13. The second-order valence-corrected chi connectivity index (χ2v) is 12.7. The molecule has 7 atom stereocenters. The number of alkyl halides is 2. The Bertz CT molecular complexity index is 1630. The molecule has 0 bridgehead atoms. The lowest BCUT2D eigenvalue weighted by Gasteiger charge is -2.44. The monoisotopic (exact) mass is 727 g/mol. The summed E-state index contributed by atoms with van der Waals surface area (Å²) in [4.78, 5) is 54.1. The van der Waals surface area contributed by atoms with E-state index in [0.29, 0.717) is 0 Å². The third kappa shape index (κ3) is 5.88. The zero-order valence-corrected chi connectivity index (χ0v) is 27.4. The van der Waals surface area contributed by atoms with Crippen molar-refractivity contribution in [1.29, 1.82) is 0 Å². The predicted molar refractivity (Wildman–Crippen MR) is 162 cm³/mol. The van der Waals surface area contributed by atoms with Crippen LogP contribution in [0.25, 0.3) is 0 Å². The van der Waals surface area contributed by atoms with Crippen molar-refractivity contribution in [2.45, 2.75) is 76.1 Å². The molecule has 4 N–H and O–H groups in total. The molecule has 1 aliphatic heterocycles. The number of aliphatic hydroxyl groups is 2. The van der Waals surface area contributed by atoms with E-state index in [2.05, 4.69) is 15.9 Å². The Labute approximate surface area is 276 Å². The lowest BCUT2D eigenvalue weighted by atomic mass is 9.74. The van der Waals surface area contributed by atoms with Crippen LogP contribution in [0.5, 0.6) is 17.2 Å². The number of aromatic hydroxyl groups is 2. The summed E-state index contributed by atoms with van der Waals surface area (Å²) in [5, 5.41) is 43.5. The van der Waals surface area contributed by atoms with Gasteiger partial charge in [-0.1, -0.05) is 41.9 Å². The topological polar surface area (TPSA) is 195 Å². The molecule has 47 heavy (non-hydrogen) atoms. The number of fused-ring (bicyclic) bond motifs is 3. The number of ether oxygens (including phenoxy) is 5. The smallest absolute Gasteiger partial charge is 0.507 e. The summed E-state index contributed by atoms with van der Waals surface area (Å²) in [5.41, 5.74) is -4.20. The van der Waals surface area contributed by atoms with Crippen molar-refractivity contribution >= 4 is 39.4 Å². The summed E-state index contributed by atoms with van der Waals surface area (Å²) < 4.78 is 42.8. The number of carbonyl (C=O) groups excluding carboxylic acids is 4. The first-order valence-corrected chi connectivity index (χ1v) is 15.9. The van der Waals surface area contributed by atoms with E-state index in [0.717, 1.165) is 0 Å². The number of hydrogen-bond donors (Lipinski definition) is 4. The van der Waals surface area contributed by atoms with Crippen molar-refractivity contribution in [1.82, 2.24) is 0 Å². The fourth-order valence-electron chi connectivity index (χ4n) is 6.18. The van der Waals surface area contributed by atoms with Crippen LogP contribution >= 0.6 is 15.9 Å². The van der Waals surface area contributed by atoms with Crippen LogP contribution in [0.15, 0.2) is 18.2 Å². The average molecular weight is 728 g/mol. The number of methoxy groups -OCH3 is 1. The molecule has 2 aliphatic carbocycles. The SMILES string of the molecule is COc1cccc2c1C(=O)c1c(O)c3c(c(O)c1C2=O)C[C@@](OC(=O)OCC(C)C)([13C](=O)[14CH2]Br)C[C@@H]3O[C@@H]1O[C@@H](C)[C@@H](O)[C@@H](O)[C@H]1F. The minimum atomic E-state index is -2.34. The molecule has 1 fully saturated rings. The minimum absolute atomic E-state index is 0.0311. The van der Waals surface area contributed by atoms with Gasteiger partial charge in [-0.05, 0) is 18.9 Å². The molecule has 0 aromatic heterocycles. The number of carbonyl (C=O) groups is 4. The van der Waals surface area contributed by atoms with E-state index < -0.39 is 101 Å². The molecule has 0 radical (unpaired) electrons. The average Bonchev–Trinajstić information content (AvgIpc) is 3.04. The Morgan fingerprint density at radius 3 is 2.43 bits per heavy atom. The number of halogens is 2. The number of benzene rings is 2. The fraction of sp³-hybridized carbons (Fsp3) is 0.500. The maximum atomic E-state index is 15.4. The lowest BCUT2D eigenvalue weighted by Crippen LogP contribution is -2.56. The summed E-state index contributed by atoms with van der Waals surface area (Å²) in [6.07, 6.45) is -13.0. The van der Waals surface area contributed by atoms with Crippen LogP contribution in [0, 0.1) is 5.92 Å². The van der Waals surface area contributed by atoms with E-state index >= 15 is 4.39 Å². The first-order chi connectivity index (χ1) is 22.2. The highest BCUT2D eigenvalue weighted by molar-refractivity contribution is 9.09. The highest BCUT2D eigenvalue weighted by atomic mass is 79.9. The molecule has 15 heteroatoms. The van der Waals surface area contributed by atoms with Crippen molar-refractivity contribution in [3.63, 3.8) is 0 Å². The normalized spacial score (nSPS) is 28.3. The van der Waals surface area contributed by atoms with Gasteiger partial charge in [0.1, 0.15) is 29.5 Å².